The number of rotatable bonds is 4. The van der Waals surface area contributed by atoms with Gasteiger partial charge in [0, 0.05) is 16.1 Å². The first-order valence-corrected chi connectivity index (χ1v) is 8.49. The number of nitrogens with zero attached hydrogens (tertiary/aromatic N) is 2. The van der Waals surface area contributed by atoms with Crippen molar-refractivity contribution in [2.45, 2.75) is 6.54 Å². The summed E-state index contributed by atoms with van der Waals surface area (Å²) in [5, 5.41) is 4.52. The fourth-order valence-electron chi connectivity index (χ4n) is 2.16. The predicted molar refractivity (Wildman–Crippen MR) is 98.7 cm³/mol. The molecule has 0 aliphatic heterocycles. The number of halogens is 2. The highest BCUT2D eigenvalue weighted by atomic mass is 79.9. The van der Waals surface area contributed by atoms with E-state index in [2.05, 4.69) is 21.0 Å². The van der Waals surface area contributed by atoms with E-state index in [9.17, 15) is 9.59 Å². The van der Waals surface area contributed by atoms with Crippen LogP contribution < -0.4 is 10.3 Å². The van der Waals surface area contributed by atoms with Crippen molar-refractivity contribution in [3.63, 3.8) is 0 Å². The summed E-state index contributed by atoms with van der Waals surface area (Å²) in [6.45, 7) is -0.314. The molecule has 0 saturated carbocycles. The number of carbonyl (C=O) groups is 1. The SMILES string of the molecule is O=C(Cn1nc(-c2ccccc2)ccc1=O)Oc1ccc(Br)cc1Cl. The van der Waals surface area contributed by atoms with Gasteiger partial charge in [-0.05, 0) is 24.3 Å². The Morgan fingerprint density at radius 2 is 1.88 bits per heavy atom. The molecule has 0 saturated heterocycles. The molecule has 3 aromatic rings. The van der Waals surface area contributed by atoms with Crippen LogP contribution in [0.1, 0.15) is 0 Å². The third-order valence-electron chi connectivity index (χ3n) is 3.33. The molecule has 0 atom stereocenters. The van der Waals surface area contributed by atoms with Crippen LogP contribution in [0.2, 0.25) is 5.02 Å². The van der Waals surface area contributed by atoms with Crippen LogP contribution in [0.3, 0.4) is 0 Å². The molecular weight excluding hydrogens is 408 g/mol. The van der Waals surface area contributed by atoms with Crippen LogP contribution in [0.4, 0.5) is 0 Å². The van der Waals surface area contributed by atoms with E-state index < -0.39 is 11.5 Å². The zero-order valence-electron chi connectivity index (χ0n) is 12.9. The molecule has 0 aliphatic rings. The van der Waals surface area contributed by atoms with Crippen LogP contribution in [0, 0.1) is 0 Å². The van der Waals surface area contributed by atoms with E-state index in [0.29, 0.717) is 10.7 Å². The maximum Gasteiger partial charge on any atom is 0.333 e. The molecule has 2 aromatic carbocycles. The number of carbonyl (C=O) groups excluding carboxylic acids is 1. The highest BCUT2D eigenvalue weighted by molar-refractivity contribution is 9.10. The lowest BCUT2D eigenvalue weighted by Crippen LogP contribution is -2.28. The average molecular weight is 420 g/mol. The second-order valence-electron chi connectivity index (χ2n) is 5.13. The number of ether oxygens (including phenoxy) is 1. The lowest BCUT2D eigenvalue weighted by Gasteiger charge is -2.09. The maximum atomic E-state index is 12.1. The topological polar surface area (TPSA) is 61.2 Å². The second kappa shape index (κ2) is 7.63. The summed E-state index contributed by atoms with van der Waals surface area (Å²) in [4.78, 5) is 24.1. The first kappa shape index (κ1) is 17.4. The van der Waals surface area contributed by atoms with E-state index >= 15 is 0 Å². The predicted octanol–water partition coefficient (Wildman–Crippen LogP) is 3.93. The monoisotopic (exact) mass is 418 g/mol. The van der Waals surface area contributed by atoms with Crippen molar-refractivity contribution < 1.29 is 9.53 Å². The van der Waals surface area contributed by atoms with E-state index in [-0.39, 0.29) is 12.3 Å². The van der Waals surface area contributed by atoms with Crippen molar-refractivity contribution in [1.82, 2.24) is 9.78 Å². The Balaban J connectivity index is 1.80. The molecule has 25 heavy (non-hydrogen) atoms. The third kappa shape index (κ3) is 4.35. The number of hydrogen-bond donors (Lipinski definition) is 0. The molecule has 0 radical (unpaired) electrons. The molecule has 7 heteroatoms. The molecule has 1 heterocycles. The van der Waals surface area contributed by atoms with Gasteiger partial charge in [-0.1, -0.05) is 57.9 Å². The van der Waals surface area contributed by atoms with Gasteiger partial charge in [0.15, 0.2) is 0 Å². The Morgan fingerprint density at radius 1 is 1.12 bits per heavy atom. The summed E-state index contributed by atoms with van der Waals surface area (Å²) in [7, 11) is 0. The minimum atomic E-state index is -0.635. The number of esters is 1. The fraction of sp³-hybridized carbons (Fsp3) is 0.0556. The number of aromatic nitrogens is 2. The van der Waals surface area contributed by atoms with Crippen LogP contribution in [-0.2, 0) is 11.3 Å². The van der Waals surface area contributed by atoms with Crippen molar-refractivity contribution in [1.29, 1.82) is 0 Å². The summed E-state index contributed by atoms with van der Waals surface area (Å²) < 4.78 is 7.05. The Kier molecular flexibility index (Phi) is 5.31. The van der Waals surface area contributed by atoms with Gasteiger partial charge < -0.3 is 4.74 Å². The highest BCUT2D eigenvalue weighted by Gasteiger charge is 2.12. The largest absolute Gasteiger partial charge is 0.424 e. The van der Waals surface area contributed by atoms with Gasteiger partial charge >= 0.3 is 5.97 Å². The molecule has 126 valence electrons. The van der Waals surface area contributed by atoms with Gasteiger partial charge in [0.05, 0.1) is 10.7 Å². The third-order valence-corrected chi connectivity index (χ3v) is 4.12. The molecule has 0 N–H and O–H groups in total. The van der Waals surface area contributed by atoms with Gasteiger partial charge in [0.25, 0.3) is 5.56 Å². The highest BCUT2D eigenvalue weighted by Crippen LogP contribution is 2.27. The molecule has 5 nitrogen and oxygen atoms in total. The molecule has 0 aliphatic carbocycles. The zero-order valence-corrected chi connectivity index (χ0v) is 15.2. The van der Waals surface area contributed by atoms with E-state index in [0.717, 1.165) is 14.7 Å². The molecule has 0 spiro atoms. The quantitative estimate of drug-likeness (QED) is 0.475. The molecule has 1 aromatic heterocycles. The van der Waals surface area contributed by atoms with E-state index in [4.69, 9.17) is 16.3 Å². The van der Waals surface area contributed by atoms with E-state index in [1.54, 1.807) is 24.3 Å². The Hall–Kier alpha value is -2.44. The van der Waals surface area contributed by atoms with Gasteiger partial charge in [-0.3, -0.25) is 4.79 Å². The first-order chi connectivity index (χ1) is 12.0. The fourth-order valence-corrected chi connectivity index (χ4v) is 2.87. The smallest absolute Gasteiger partial charge is 0.333 e. The lowest BCUT2D eigenvalue weighted by atomic mass is 10.1. The maximum absolute atomic E-state index is 12.1. The Labute approximate surface area is 157 Å². The van der Waals surface area contributed by atoms with Gasteiger partial charge in [-0.25, -0.2) is 9.48 Å². The molecular formula is C18H12BrClN2O3. The van der Waals surface area contributed by atoms with Gasteiger partial charge in [0.1, 0.15) is 12.3 Å². The van der Waals surface area contributed by atoms with Crippen LogP contribution in [0.5, 0.6) is 5.75 Å². The zero-order chi connectivity index (χ0) is 17.8. The minimum absolute atomic E-state index is 0.224. The van der Waals surface area contributed by atoms with E-state index in [1.165, 1.54) is 6.07 Å². The summed E-state index contributed by atoms with van der Waals surface area (Å²) in [6, 6.07) is 17.3. The van der Waals surface area contributed by atoms with E-state index in [1.807, 2.05) is 30.3 Å². The first-order valence-electron chi connectivity index (χ1n) is 7.32. The normalized spacial score (nSPS) is 10.5. The molecule has 0 bridgehead atoms. The van der Waals surface area contributed by atoms with Crippen molar-refractivity contribution in [2.24, 2.45) is 0 Å². The molecule has 3 rings (SSSR count). The Morgan fingerprint density at radius 3 is 2.60 bits per heavy atom. The molecule has 0 unspecified atom stereocenters. The van der Waals surface area contributed by atoms with Crippen LogP contribution in [0.25, 0.3) is 11.3 Å². The summed E-state index contributed by atoms with van der Waals surface area (Å²) in [6.07, 6.45) is 0. The average Bonchev–Trinajstić information content (AvgIpc) is 2.60. The lowest BCUT2D eigenvalue weighted by molar-refractivity contribution is -0.135. The molecule has 0 amide bonds. The summed E-state index contributed by atoms with van der Waals surface area (Å²) in [5.41, 5.74) is 1.05. The van der Waals surface area contributed by atoms with Crippen LogP contribution in [0.15, 0.2) is 69.9 Å². The number of benzene rings is 2. The summed E-state index contributed by atoms with van der Waals surface area (Å²) in [5.74, 6) is -0.411. The number of hydrogen-bond acceptors (Lipinski definition) is 4. The van der Waals surface area contributed by atoms with Gasteiger partial charge in [0.2, 0.25) is 0 Å². The standard InChI is InChI=1S/C18H12BrClN2O3/c19-13-6-8-16(14(20)10-13)25-18(24)11-22-17(23)9-7-15(21-22)12-4-2-1-3-5-12/h1-10H,11H2. The van der Waals surface area contributed by atoms with Crippen molar-refractivity contribution in [2.75, 3.05) is 0 Å². The van der Waals surface area contributed by atoms with Crippen molar-refractivity contribution >= 4 is 33.5 Å². The van der Waals surface area contributed by atoms with Crippen molar-refractivity contribution in [3.05, 3.63) is 80.5 Å². The second-order valence-corrected chi connectivity index (χ2v) is 6.45. The van der Waals surface area contributed by atoms with Crippen LogP contribution >= 0.6 is 27.5 Å². The van der Waals surface area contributed by atoms with Crippen molar-refractivity contribution in [3.8, 4) is 17.0 Å². The summed E-state index contributed by atoms with van der Waals surface area (Å²) >= 11 is 9.30. The van der Waals surface area contributed by atoms with Crippen LogP contribution in [-0.4, -0.2) is 15.7 Å². The van der Waals surface area contributed by atoms with Gasteiger partial charge in [-0.2, -0.15) is 5.10 Å². The van der Waals surface area contributed by atoms with Gasteiger partial charge in [-0.15, -0.1) is 0 Å². The minimum Gasteiger partial charge on any atom is -0.424 e. The molecule has 0 fully saturated rings. The Bertz CT molecular complexity index is 974.